The highest BCUT2D eigenvalue weighted by molar-refractivity contribution is 5.99. The van der Waals surface area contributed by atoms with E-state index in [4.69, 9.17) is 10.00 Å². The highest BCUT2D eigenvalue weighted by atomic mass is 16.5. The number of anilines is 2. The van der Waals surface area contributed by atoms with E-state index in [0.29, 0.717) is 30.1 Å². The van der Waals surface area contributed by atoms with Gasteiger partial charge < -0.3 is 15.0 Å². The summed E-state index contributed by atoms with van der Waals surface area (Å²) < 4.78 is 5.45. The summed E-state index contributed by atoms with van der Waals surface area (Å²) in [5.74, 6) is 1.14. The normalized spacial score (nSPS) is 10.1. The highest BCUT2D eigenvalue weighted by Crippen LogP contribution is 2.22. The van der Waals surface area contributed by atoms with Gasteiger partial charge in [-0.15, -0.1) is 0 Å². The lowest BCUT2D eigenvalue weighted by atomic mass is 10.1. The zero-order valence-corrected chi connectivity index (χ0v) is 16.4. The molecule has 0 fully saturated rings. The van der Waals surface area contributed by atoms with Crippen molar-refractivity contribution in [3.05, 3.63) is 83.6 Å². The molecule has 1 aromatic heterocycles. The largest absolute Gasteiger partial charge is 0.494 e. The van der Waals surface area contributed by atoms with Gasteiger partial charge in [-0.1, -0.05) is 12.1 Å². The van der Waals surface area contributed by atoms with Gasteiger partial charge in [0, 0.05) is 25.5 Å². The first kappa shape index (κ1) is 19.9. The molecule has 0 aliphatic carbocycles. The van der Waals surface area contributed by atoms with Gasteiger partial charge in [-0.2, -0.15) is 5.26 Å². The molecule has 1 heterocycles. The minimum Gasteiger partial charge on any atom is -0.494 e. The van der Waals surface area contributed by atoms with Crippen LogP contribution in [0.3, 0.4) is 0 Å². The van der Waals surface area contributed by atoms with Crippen LogP contribution in [0.4, 0.5) is 11.5 Å². The summed E-state index contributed by atoms with van der Waals surface area (Å²) in [7, 11) is 1.74. The molecule has 0 saturated carbocycles. The fraction of sp³-hybridized carbons (Fsp3) is 0.174. The van der Waals surface area contributed by atoms with E-state index < -0.39 is 0 Å². The van der Waals surface area contributed by atoms with Crippen molar-refractivity contribution in [3.8, 4) is 11.8 Å². The van der Waals surface area contributed by atoms with Crippen molar-refractivity contribution in [1.82, 2.24) is 9.88 Å². The molecule has 3 aromatic rings. The summed E-state index contributed by atoms with van der Waals surface area (Å²) in [6.45, 7) is 2.98. The molecule has 0 radical (unpaired) electrons. The number of nitrogens with one attached hydrogen (secondary N) is 1. The Morgan fingerprint density at radius 3 is 2.52 bits per heavy atom. The molecule has 3 rings (SSSR count). The molecule has 0 unspecified atom stereocenters. The molecule has 6 nitrogen and oxygen atoms in total. The third-order valence-electron chi connectivity index (χ3n) is 4.32. The Bertz CT molecular complexity index is 1010. The Balaban J connectivity index is 1.74. The fourth-order valence-electron chi connectivity index (χ4n) is 2.85. The molecule has 0 atom stereocenters. The van der Waals surface area contributed by atoms with Gasteiger partial charge in [-0.25, -0.2) is 4.98 Å². The summed E-state index contributed by atoms with van der Waals surface area (Å²) in [5, 5.41) is 12.1. The van der Waals surface area contributed by atoms with Gasteiger partial charge in [0.15, 0.2) is 0 Å². The van der Waals surface area contributed by atoms with E-state index in [1.165, 1.54) is 0 Å². The van der Waals surface area contributed by atoms with Crippen molar-refractivity contribution in [2.75, 3.05) is 19.0 Å². The monoisotopic (exact) mass is 386 g/mol. The Labute approximate surface area is 170 Å². The number of amides is 1. The maximum Gasteiger partial charge on any atom is 0.257 e. The molecule has 0 aliphatic heterocycles. The molecule has 0 bridgehead atoms. The smallest absolute Gasteiger partial charge is 0.257 e. The molecule has 1 amide bonds. The molecular weight excluding hydrogens is 364 g/mol. The van der Waals surface area contributed by atoms with E-state index in [-0.39, 0.29) is 5.91 Å². The van der Waals surface area contributed by atoms with Crippen molar-refractivity contribution in [1.29, 1.82) is 5.26 Å². The topological polar surface area (TPSA) is 78.2 Å². The lowest BCUT2D eigenvalue weighted by Gasteiger charge is -2.19. The molecule has 6 heteroatoms. The van der Waals surface area contributed by atoms with E-state index in [9.17, 15) is 4.79 Å². The van der Waals surface area contributed by atoms with Crippen LogP contribution in [0.2, 0.25) is 0 Å². The number of ether oxygens (including phenoxy) is 1. The van der Waals surface area contributed by atoms with Gasteiger partial charge in [0.2, 0.25) is 0 Å². The number of aromatic nitrogens is 1. The van der Waals surface area contributed by atoms with E-state index in [2.05, 4.69) is 16.4 Å². The lowest BCUT2D eigenvalue weighted by Crippen LogP contribution is -2.27. The number of rotatable bonds is 7. The number of carbonyl (C=O) groups is 1. The highest BCUT2D eigenvalue weighted by Gasteiger charge is 2.17. The van der Waals surface area contributed by atoms with E-state index >= 15 is 0 Å². The zero-order chi connectivity index (χ0) is 20.6. The van der Waals surface area contributed by atoms with Gasteiger partial charge in [-0.3, -0.25) is 4.79 Å². The molecule has 29 heavy (non-hydrogen) atoms. The van der Waals surface area contributed by atoms with Crippen molar-refractivity contribution in [2.24, 2.45) is 0 Å². The first-order chi connectivity index (χ1) is 14.1. The maximum atomic E-state index is 13.0. The van der Waals surface area contributed by atoms with Crippen LogP contribution in [0.15, 0.2) is 66.9 Å². The Morgan fingerprint density at radius 2 is 1.86 bits per heavy atom. The van der Waals surface area contributed by atoms with Gasteiger partial charge in [0.25, 0.3) is 5.91 Å². The van der Waals surface area contributed by atoms with Crippen molar-refractivity contribution in [3.63, 3.8) is 0 Å². The summed E-state index contributed by atoms with van der Waals surface area (Å²) in [4.78, 5) is 19.0. The van der Waals surface area contributed by atoms with Crippen LogP contribution in [0.5, 0.6) is 5.75 Å². The predicted octanol–water partition coefficient (Wildman–Crippen LogP) is 4.37. The maximum absolute atomic E-state index is 13.0. The zero-order valence-electron chi connectivity index (χ0n) is 16.4. The van der Waals surface area contributed by atoms with Crippen molar-refractivity contribution in [2.45, 2.75) is 13.5 Å². The molecule has 0 spiro atoms. The average Bonchev–Trinajstić information content (AvgIpc) is 2.76. The van der Waals surface area contributed by atoms with Crippen molar-refractivity contribution >= 4 is 17.4 Å². The number of pyridine rings is 1. The molecule has 146 valence electrons. The molecule has 0 saturated heterocycles. The van der Waals surface area contributed by atoms with E-state index in [1.54, 1.807) is 42.4 Å². The summed E-state index contributed by atoms with van der Waals surface area (Å²) >= 11 is 0. The second kappa shape index (κ2) is 9.38. The van der Waals surface area contributed by atoms with Gasteiger partial charge in [0.1, 0.15) is 11.6 Å². The number of carbonyl (C=O) groups excluding carboxylic acids is 1. The molecule has 1 N–H and O–H groups in total. The first-order valence-electron chi connectivity index (χ1n) is 9.30. The minimum atomic E-state index is -0.143. The number of hydrogen-bond acceptors (Lipinski definition) is 5. The van der Waals surface area contributed by atoms with E-state index in [1.807, 2.05) is 43.3 Å². The summed E-state index contributed by atoms with van der Waals surface area (Å²) in [6, 6.07) is 20.3. The van der Waals surface area contributed by atoms with Crippen LogP contribution in [-0.2, 0) is 6.54 Å². The Hall–Kier alpha value is -3.85. The first-order valence-corrected chi connectivity index (χ1v) is 9.30. The van der Waals surface area contributed by atoms with E-state index in [0.717, 1.165) is 17.0 Å². The third-order valence-corrected chi connectivity index (χ3v) is 4.32. The molecule has 2 aromatic carbocycles. The molecule has 0 aliphatic rings. The number of hydrogen-bond donors (Lipinski definition) is 1. The number of nitrogens with zero attached hydrogens (tertiary/aromatic N) is 3. The summed E-state index contributed by atoms with van der Waals surface area (Å²) in [5.41, 5.74) is 2.84. The minimum absolute atomic E-state index is 0.143. The van der Waals surface area contributed by atoms with Gasteiger partial charge in [0.05, 0.1) is 23.8 Å². The lowest BCUT2D eigenvalue weighted by molar-refractivity contribution is 0.0786. The van der Waals surface area contributed by atoms with Crippen LogP contribution in [0, 0.1) is 11.3 Å². The predicted molar refractivity (Wildman–Crippen MR) is 112 cm³/mol. The second-order valence-corrected chi connectivity index (χ2v) is 6.45. The van der Waals surface area contributed by atoms with Crippen LogP contribution >= 0.6 is 0 Å². The van der Waals surface area contributed by atoms with Crippen LogP contribution in [0.1, 0.15) is 28.4 Å². The Kier molecular flexibility index (Phi) is 6.43. The van der Waals surface area contributed by atoms with Crippen molar-refractivity contribution < 1.29 is 9.53 Å². The third kappa shape index (κ3) is 5.11. The quantitative estimate of drug-likeness (QED) is 0.652. The summed E-state index contributed by atoms with van der Waals surface area (Å²) in [6.07, 6.45) is 1.65. The Morgan fingerprint density at radius 1 is 1.14 bits per heavy atom. The second-order valence-electron chi connectivity index (χ2n) is 6.45. The number of benzene rings is 2. The van der Waals surface area contributed by atoms with Crippen LogP contribution in [-0.4, -0.2) is 29.4 Å². The van der Waals surface area contributed by atoms with Gasteiger partial charge >= 0.3 is 0 Å². The van der Waals surface area contributed by atoms with Crippen LogP contribution in [0.25, 0.3) is 0 Å². The standard InChI is InChI=1S/C23H22N4O2/c1-3-29-20-12-10-19(11-13-20)26-22-21(5-4-14-25-22)23(28)27(2)16-18-8-6-17(15-24)7-9-18/h4-14H,3,16H2,1-2H3,(H,25,26). The fourth-order valence-corrected chi connectivity index (χ4v) is 2.85. The molecular formula is C23H22N4O2. The van der Waals surface area contributed by atoms with Gasteiger partial charge in [-0.05, 0) is 61.0 Å². The SMILES string of the molecule is CCOc1ccc(Nc2ncccc2C(=O)N(C)Cc2ccc(C#N)cc2)cc1. The number of nitriles is 1. The van der Waals surface area contributed by atoms with Crippen LogP contribution < -0.4 is 10.1 Å². The average molecular weight is 386 g/mol.